The molecular weight excluding hydrogens is 216 g/mol. The number of aromatic nitrogens is 3. The van der Waals surface area contributed by atoms with Gasteiger partial charge in [0.2, 0.25) is 5.90 Å². The van der Waals surface area contributed by atoms with Crippen molar-refractivity contribution in [2.45, 2.75) is 13.5 Å². The number of pyridine rings is 1. The molecule has 5 nitrogen and oxygen atoms in total. The third-order valence-electron chi connectivity index (χ3n) is 2.44. The topological polar surface area (TPSA) is 63.8 Å². The van der Waals surface area contributed by atoms with Crippen LogP contribution in [0.1, 0.15) is 12.6 Å². The van der Waals surface area contributed by atoms with Gasteiger partial charge in [0.25, 0.3) is 0 Å². The summed E-state index contributed by atoms with van der Waals surface area (Å²) >= 11 is 0. The van der Waals surface area contributed by atoms with E-state index in [0.29, 0.717) is 12.2 Å². The molecule has 0 aliphatic carbocycles. The van der Waals surface area contributed by atoms with Crippen LogP contribution in [0.5, 0.6) is 0 Å². The standard InChI is InChI=1S/C12H14N4O/c1-3-16-11(12(13)17-2)8-10(15-16)9-6-4-5-7-14-9/h4-8,13H,3H2,1-2H3. The zero-order valence-corrected chi connectivity index (χ0v) is 9.84. The molecule has 0 amide bonds. The van der Waals surface area contributed by atoms with Crippen molar-refractivity contribution in [1.29, 1.82) is 5.41 Å². The molecule has 0 fully saturated rings. The molecule has 5 heteroatoms. The van der Waals surface area contributed by atoms with Crippen LogP contribution in [0.4, 0.5) is 0 Å². The first-order chi connectivity index (χ1) is 8.26. The van der Waals surface area contributed by atoms with Crippen LogP contribution in [-0.4, -0.2) is 27.8 Å². The summed E-state index contributed by atoms with van der Waals surface area (Å²) in [5, 5.41) is 12.1. The lowest BCUT2D eigenvalue weighted by atomic mass is 10.2. The van der Waals surface area contributed by atoms with E-state index in [2.05, 4.69) is 10.1 Å². The molecule has 0 radical (unpaired) electrons. The van der Waals surface area contributed by atoms with Crippen molar-refractivity contribution in [2.75, 3.05) is 7.11 Å². The molecule has 0 saturated carbocycles. The Bertz CT molecular complexity index is 519. The summed E-state index contributed by atoms with van der Waals surface area (Å²) in [6.45, 7) is 2.66. The van der Waals surface area contributed by atoms with E-state index < -0.39 is 0 Å². The fourth-order valence-electron chi connectivity index (χ4n) is 1.58. The number of nitrogens with one attached hydrogen (secondary N) is 1. The van der Waals surface area contributed by atoms with Gasteiger partial charge < -0.3 is 4.74 Å². The first kappa shape index (κ1) is 11.3. The molecule has 0 aliphatic rings. The molecular formula is C12H14N4O. The van der Waals surface area contributed by atoms with Gasteiger partial charge in [-0.25, -0.2) is 0 Å². The van der Waals surface area contributed by atoms with Crippen molar-refractivity contribution in [3.05, 3.63) is 36.2 Å². The number of hydrogen-bond donors (Lipinski definition) is 1. The molecule has 0 bridgehead atoms. The maximum absolute atomic E-state index is 7.69. The average molecular weight is 230 g/mol. The Hall–Kier alpha value is -2.17. The second-order valence-corrected chi connectivity index (χ2v) is 3.48. The second kappa shape index (κ2) is 4.78. The van der Waals surface area contributed by atoms with Crippen molar-refractivity contribution in [2.24, 2.45) is 0 Å². The summed E-state index contributed by atoms with van der Waals surface area (Å²) in [5.41, 5.74) is 2.21. The number of hydrogen-bond acceptors (Lipinski definition) is 4. The van der Waals surface area contributed by atoms with Crippen LogP contribution in [0.25, 0.3) is 11.4 Å². The number of aryl methyl sites for hydroxylation is 1. The molecule has 0 unspecified atom stereocenters. The van der Waals surface area contributed by atoms with E-state index in [1.165, 1.54) is 7.11 Å². The summed E-state index contributed by atoms with van der Waals surface area (Å²) in [7, 11) is 1.48. The molecule has 2 rings (SSSR count). The van der Waals surface area contributed by atoms with Gasteiger partial charge in [-0.15, -0.1) is 0 Å². The van der Waals surface area contributed by atoms with Crippen LogP contribution in [0, 0.1) is 5.41 Å². The molecule has 2 aromatic heterocycles. The molecule has 17 heavy (non-hydrogen) atoms. The SMILES string of the molecule is CCn1nc(-c2ccccn2)cc1C(=N)OC. The normalized spacial score (nSPS) is 10.2. The molecule has 0 aliphatic heterocycles. The minimum Gasteiger partial charge on any atom is -0.480 e. The summed E-state index contributed by atoms with van der Waals surface area (Å²) in [6, 6.07) is 7.48. The summed E-state index contributed by atoms with van der Waals surface area (Å²) < 4.78 is 6.66. The van der Waals surface area contributed by atoms with Crippen molar-refractivity contribution >= 4 is 5.90 Å². The Morgan fingerprint density at radius 3 is 2.82 bits per heavy atom. The van der Waals surface area contributed by atoms with Crippen molar-refractivity contribution in [3.8, 4) is 11.4 Å². The summed E-state index contributed by atoms with van der Waals surface area (Å²) in [6.07, 6.45) is 1.72. The molecule has 2 aromatic rings. The van der Waals surface area contributed by atoms with Crippen LogP contribution in [0.3, 0.4) is 0 Å². The number of nitrogens with zero attached hydrogens (tertiary/aromatic N) is 3. The van der Waals surface area contributed by atoms with E-state index in [-0.39, 0.29) is 5.90 Å². The second-order valence-electron chi connectivity index (χ2n) is 3.48. The molecule has 0 aromatic carbocycles. The van der Waals surface area contributed by atoms with Gasteiger partial charge in [0.05, 0.1) is 12.8 Å². The first-order valence-electron chi connectivity index (χ1n) is 5.38. The Kier molecular flexibility index (Phi) is 3.18. The Morgan fingerprint density at radius 2 is 2.24 bits per heavy atom. The van der Waals surface area contributed by atoms with Gasteiger partial charge in [-0.3, -0.25) is 15.1 Å². The smallest absolute Gasteiger partial charge is 0.231 e. The molecule has 88 valence electrons. The predicted octanol–water partition coefficient (Wildman–Crippen LogP) is 1.94. The Labute approximate surface area is 99.6 Å². The van der Waals surface area contributed by atoms with Crippen LogP contribution in [0.2, 0.25) is 0 Å². The molecule has 0 saturated heterocycles. The zero-order valence-electron chi connectivity index (χ0n) is 9.84. The third kappa shape index (κ3) is 2.18. The fourth-order valence-corrected chi connectivity index (χ4v) is 1.58. The van der Waals surface area contributed by atoms with Gasteiger partial charge >= 0.3 is 0 Å². The highest BCUT2D eigenvalue weighted by Crippen LogP contribution is 2.16. The van der Waals surface area contributed by atoms with E-state index in [9.17, 15) is 0 Å². The van der Waals surface area contributed by atoms with Crippen molar-refractivity contribution < 1.29 is 4.74 Å². The minimum absolute atomic E-state index is 0.113. The van der Waals surface area contributed by atoms with E-state index in [1.807, 2.05) is 31.2 Å². The van der Waals surface area contributed by atoms with Crippen LogP contribution in [-0.2, 0) is 11.3 Å². The monoisotopic (exact) mass is 230 g/mol. The lowest BCUT2D eigenvalue weighted by Crippen LogP contribution is -2.10. The number of methoxy groups -OCH3 is 1. The highest BCUT2D eigenvalue weighted by Gasteiger charge is 2.13. The maximum Gasteiger partial charge on any atom is 0.231 e. The van der Waals surface area contributed by atoms with E-state index >= 15 is 0 Å². The molecule has 0 spiro atoms. The predicted molar refractivity (Wildman–Crippen MR) is 65.0 cm³/mol. The van der Waals surface area contributed by atoms with Crippen molar-refractivity contribution in [1.82, 2.24) is 14.8 Å². The molecule has 2 heterocycles. The average Bonchev–Trinajstić information content (AvgIpc) is 2.83. The summed E-state index contributed by atoms with van der Waals surface area (Å²) in [5.74, 6) is 0.113. The maximum atomic E-state index is 7.69. The van der Waals surface area contributed by atoms with Gasteiger partial charge in [-0.2, -0.15) is 5.10 Å². The van der Waals surface area contributed by atoms with Gasteiger partial charge in [-0.05, 0) is 25.1 Å². The van der Waals surface area contributed by atoms with E-state index in [1.54, 1.807) is 10.9 Å². The Morgan fingerprint density at radius 1 is 1.41 bits per heavy atom. The quantitative estimate of drug-likeness (QED) is 0.647. The van der Waals surface area contributed by atoms with E-state index in [0.717, 1.165) is 11.4 Å². The van der Waals surface area contributed by atoms with E-state index in [4.69, 9.17) is 10.1 Å². The van der Waals surface area contributed by atoms with Crippen LogP contribution < -0.4 is 0 Å². The van der Waals surface area contributed by atoms with Crippen LogP contribution in [0.15, 0.2) is 30.5 Å². The molecule has 0 atom stereocenters. The number of ether oxygens (including phenoxy) is 1. The highest BCUT2D eigenvalue weighted by atomic mass is 16.5. The largest absolute Gasteiger partial charge is 0.480 e. The summed E-state index contributed by atoms with van der Waals surface area (Å²) in [4.78, 5) is 4.24. The lowest BCUT2D eigenvalue weighted by Gasteiger charge is -2.03. The van der Waals surface area contributed by atoms with Gasteiger partial charge in [0.15, 0.2) is 0 Å². The van der Waals surface area contributed by atoms with Gasteiger partial charge in [-0.1, -0.05) is 6.07 Å². The number of rotatable bonds is 3. The van der Waals surface area contributed by atoms with Gasteiger partial charge in [0, 0.05) is 12.7 Å². The van der Waals surface area contributed by atoms with Crippen molar-refractivity contribution in [3.63, 3.8) is 0 Å². The van der Waals surface area contributed by atoms with Crippen LogP contribution >= 0.6 is 0 Å². The Balaban J connectivity index is 2.45. The van der Waals surface area contributed by atoms with Gasteiger partial charge in [0.1, 0.15) is 11.4 Å². The zero-order chi connectivity index (χ0) is 12.3. The third-order valence-corrected chi connectivity index (χ3v) is 2.44. The minimum atomic E-state index is 0.113. The molecule has 1 N–H and O–H groups in total. The first-order valence-corrected chi connectivity index (χ1v) is 5.38. The highest BCUT2D eigenvalue weighted by molar-refractivity contribution is 5.90. The lowest BCUT2D eigenvalue weighted by molar-refractivity contribution is 0.395. The fraction of sp³-hybridized carbons (Fsp3) is 0.250.